The van der Waals surface area contributed by atoms with E-state index in [2.05, 4.69) is 10.00 Å². The molecule has 2 fully saturated rings. The topological polar surface area (TPSA) is 87.9 Å². The maximum atomic E-state index is 13.6. The summed E-state index contributed by atoms with van der Waals surface area (Å²) in [6, 6.07) is 4.86. The Morgan fingerprint density at radius 1 is 1.16 bits per heavy atom. The maximum Gasteiger partial charge on any atom is 0.295 e. The lowest BCUT2D eigenvalue weighted by Crippen LogP contribution is -2.42. The van der Waals surface area contributed by atoms with Crippen LogP contribution in [0.2, 0.25) is 0 Å². The van der Waals surface area contributed by atoms with Crippen LogP contribution in [0.4, 0.5) is 4.39 Å². The molecule has 4 rings (SSSR count). The number of ether oxygens (including phenoxy) is 1. The number of nitrogens with zero attached hydrogens (tertiary/aromatic N) is 4. The van der Waals surface area contributed by atoms with Crippen LogP contribution < -0.4 is 0 Å². The maximum absolute atomic E-state index is 13.6. The highest BCUT2D eigenvalue weighted by molar-refractivity contribution is 6.46. The first-order valence-electron chi connectivity index (χ1n) is 10.6. The standard InChI is InChI=1S/C23H27FN4O4/c1-14-18(15(2)26(3)25-14)21(29)19-20(16-4-6-17(24)7-5-16)28(23(31)22(19)30)9-8-27-10-12-32-13-11-27/h4-7,20,29H,8-13H2,1-3H3/b21-19+. The lowest BCUT2D eigenvalue weighted by molar-refractivity contribution is -0.140. The molecular formula is C23H27FN4O4. The Hall–Kier alpha value is -3.04. The molecule has 3 heterocycles. The molecule has 1 unspecified atom stereocenters. The van der Waals surface area contributed by atoms with Crippen LogP contribution in [-0.4, -0.2) is 75.8 Å². The van der Waals surface area contributed by atoms with Gasteiger partial charge < -0.3 is 14.7 Å². The van der Waals surface area contributed by atoms with Gasteiger partial charge in [-0.05, 0) is 31.5 Å². The minimum absolute atomic E-state index is 0.00258. The van der Waals surface area contributed by atoms with Gasteiger partial charge in [-0.2, -0.15) is 5.10 Å². The number of hydrogen-bond acceptors (Lipinski definition) is 6. The van der Waals surface area contributed by atoms with Crippen molar-refractivity contribution in [3.05, 3.63) is 58.2 Å². The number of aliphatic hydroxyl groups excluding tert-OH is 1. The average molecular weight is 442 g/mol. The lowest BCUT2D eigenvalue weighted by atomic mass is 9.94. The van der Waals surface area contributed by atoms with Gasteiger partial charge in [-0.15, -0.1) is 0 Å². The highest BCUT2D eigenvalue weighted by Crippen LogP contribution is 2.40. The van der Waals surface area contributed by atoms with E-state index in [9.17, 15) is 19.1 Å². The van der Waals surface area contributed by atoms with Gasteiger partial charge in [0.25, 0.3) is 11.7 Å². The molecule has 0 bridgehead atoms. The lowest BCUT2D eigenvalue weighted by Gasteiger charge is -2.31. The summed E-state index contributed by atoms with van der Waals surface area (Å²) in [6.45, 7) is 7.14. The van der Waals surface area contributed by atoms with Crippen molar-refractivity contribution in [1.82, 2.24) is 19.6 Å². The molecule has 2 aromatic rings. The second-order valence-electron chi connectivity index (χ2n) is 8.17. The fourth-order valence-corrected chi connectivity index (χ4v) is 4.43. The molecule has 1 atom stereocenters. The Morgan fingerprint density at radius 3 is 2.41 bits per heavy atom. The number of amides is 1. The second-order valence-corrected chi connectivity index (χ2v) is 8.17. The zero-order chi connectivity index (χ0) is 23.0. The predicted octanol–water partition coefficient (Wildman–Crippen LogP) is 1.93. The van der Waals surface area contributed by atoms with Crippen molar-refractivity contribution in [2.24, 2.45) is 7.05 Å². The molecule has 1 aromatic carbocycles. The Labute approximate surface area is 185 Å². The molecule has 9 heteroatoms. The SMILES string of the molecule is Cc1nn(C)c(C)c1/C(O)=C1\C(=O)C(=O)N(CCN2CCOCC2)C1c1ccc(F)cc1. The molecule has 0 spiro atoms. The van der Waals surface area contributed by atoms with E-state index in [1.165, 1.54) is 17.0 Å². The summed E-state index contributed by atoms with van der Waals surface area (Å²) in [7, 11) is 1.75. The first-order chi connectivity index (χ1) is 15.3. The van der Waals surface area contributed by atoms with Crippen LogP contribution >= 0.6 is 0 Å². The van der Waals surface area contributed by atoms with E-state index in [0.29, 0.717) is 48.8 Å². The van der Waals surface area contributed by atoms with Crippen molar-refractivity contribution >= 4 is 17.4 Å². The third-order valence-corrected chi connectivity index (χ3v) is 6.23. The van der Waals surface area contributed by atoms with E-state index in [1.54, 1.807) is 37.7 Å². The van der Waals surface area contributed by atoms with E-state index >= 15 is 0 Å². The molecule has 1 N–H and O–H groups in total. The summed E-state index contributed by atoms with van der Waals surface area (Å²) >= 11 is 0. The molecule has 2 aliphatic heterocycles. The van der Waals surface area contributed by atoms with E-state index in [-0.39, 0.29) is 11.3 Å². The fraction of sp³-hybridized carbons (Fsp3) is 0.435. The van der Waals surface area contributed by atoms with Crippen LogP contribution in [0.1, 0.15) is 28.6 Å². The molecule has 0 aliphatic carbocycles. The molecule has 1 amide bonds. The third kappa shape index (κ3) is 3.93. The molecular weight excluding hydrogens is 415 g/mol. The van der Waals surface area contributed by atoms with Crippen LogP contribution in [0.25, 0.3) is 5.76 Å². The minimum atomic E-state index is -0.810. The number of carbonyl (C=O) groups is 2. The first-order valence-corrected chi connectivity index (χ1v) is 10.6. The smallest absolute Gasteiger partial charge is 0.295 e. The van der Waals surface area contributed by atoms with E-state index in [4.69, 9.17) is 4.74 Å². The molecule has 2 aliphatic rings. The summed E-state index contributed by atoms with van der Waals surface area (Å²) in [5.41, 5.74) is 2.24. The molecule has 2 saturated heterocycles. The Kier molecular flexibility index (Phi) is 6.12. The average Bonchev–Trinajstić information content (AvgIpc) is 3.18. The molecule has 8 nitrogen and oxygen atoms in total. The van der Waals surface area contributed by atoms with Gasteiger partial charge in [0.1, 0.15) is 11.6 Å². The zero-order valence-electron chi connectivity index (χ0n) is 18.5. The van der Waals surface area contributed by atoms with Crippen LogP contribution in [0.15, 0.2) is 29.8 Å². The van der Waals surface area contributed by atoms with Crippen molar-refractivity contribution < 1.29 is 23.8 Å². The number of likely N-dealkylation sites (tertiary alicyclic amines) is 1. The third-order valence-electron chi connectivity index (χ3n) is 6.23. The summed E-state index contributed by atoms with van der Waals surface area (Å²) < 4.78 is 20.6. The monoisotopic (exact) mass is 442 g/mol. The van der Waals surface area contributed by atoms with E-state index in [0.717, 1.165) is 13.1 Å². The number of halogens is 1. The van der Waals surface area contributed by atoms with E-state index < -0.39 is 23.5 Å². The quantitative estimate of drug-likeness (QED) is 0.433. The Morgan fingerprint density at radius 2 is 1.81 bits per heavy atom. The summed E-state index contributed by atoms with van der Waals surface area (Å²) in [5.74, 6) is -2.09. The second kappa shape index (κ2) is 8.84. The van der Waals surface area contributed by atoms with Crippen LogP contribution in [-0.2, 0) is 21.4 Å². The van der Waals surface area contributed by atoms with Crippen LogP contribution in [0, 0.1) is 19.7 Å². The van der Waals surface area contributed by atoms with Crippen molar-refractivity contribution in [2.75, 3.05) is 39.4 Å². The van der Waals surface area contributed by atoms with Gasteiger partial charge in [-0.3, -0.25) is 19.2 Å². The highest BCUT2D eigenvalue weighted by atomic mass is 19.1. The van der Waals surface area contributed by atoms with Gasteiger partial charge >= 0.3 is 0 Å². The molecule has 170 valence electrons. The molecule has 32 heavy (non-hydrogen) atoms. The van der Waals surface area contributed by atoms with Gasteiger partial charge in [-0.1, -0.05) is 12.1 Å². The fourth-order valence-electron chi connectivity index (χ4n) is 4.43. The van der Waals surface area contributed by atoms with Gasteiger partial charge in [0.2, 0.25) is 0 Å². The molecule has 1 aromatic heterocycles. The number of aromatic nitrogens is 2. The molecule has 0 saturated carbocycles. The van der Waals surface area contributed by atoms with Gasteiger partial charge in [0.05, 0.1) is 36.1 Å². The largest absolute Gasteiger partial charge is 0.507 e. The van der Waals surface area contributed by atoms with E-state index in [1.807, 2.05) is 0 Å². The minimum Gasteiger partial charge on any atom is -0.507 e. The zero-order valence-corrected chi connectivity index (χ0v) is 18.5. The van der Waals surface area contributed by atoms with Crippen molar-refractivity contribution in [1.29, 1.82) is 0 Å². The normalized spacial score (nSPS) is 21.5. The van der Waals surface area contributed by atoms with Crippen molar-refractivity contribution in [3.63, 3.8) is 0 Å². The number of aryl methyl sites for hydroxylation is 2. The van der Waals surface area contributed by atoms with Crippen molar-refractivity contribution in [3.8, 4) is 0 Å². The van der Waals surface area contributed by atoms with Gasteiger partial charge in [-0.25, -0.2) is 4.39 Å². The number of carbonyl (C=O) groups excluding carboxylic acids is 2. The Balaban J connectivity index is 1.77. The number of Topliss-reactive ketones (excluding diaryl/α,β-unsaturated/α-hetero) is 1. The summed E-state index contributed by atoms with van der Waals surface area (Å²) in [4.78, 5) is 29.8. The highest BCUT2D eigenvalue weighted by Gasteiger charge is 2.46. The predicted molar refractivity (Wildman–Crippen MR) is 115 cm³/mol. The number of hydrogen-bond donors (Lipinski definition) is 1. The summed E-state index contributed by atoms with van der Waals surface area (Å²) in [6.07, 6.45) is 0. The van der Waals surface area contributed by atoms with Crippen molar-refractivity contribution in [2.45, 2.75) is 19.9 Å². The first kappa shape index (κ1) is 22.2. The Bertz CT molecular complexity index is 1070. The number of rotatable bonds is 5. The van der Waals surface area contributed by atoms with Gasteiger partial charge in [0, 0.05) is 38.9 Å². The van der Waals surface area contributed by atoms with Crippen LogP contribution in [0.5, 0.6) is 0 Å². The molecule has 0 radical (unpaired) electrons. The number of aliphatic hydroxyl groups is 1. The number of ketones is 1. The summed E-state index contributed by atoms with van der Waals surface area (Å²) in [5, 5.41) is 15.5. The number of morpholine rings is 1. The van der Waals surface area contributed by atoms with Crippen LogP contribution in [0.3, 0.4) is 0 Å². The number of benzene rings is 1. The van der Waals surface area contributed by atoms with Gasteiger partial charge in [0.15, 0.2) is 0 Å².